The molecule has 1 fully saturated rings. The molecule has 0 unspecified atom stereocenters. The third-order valence-corrected chi connectivity index (χ3v) is 3.12. The lowest BCUT2D eigenvalue weighted by atomic mass is 10.1. The average molecular weight is 222 g/mol. The highest BCUT2D eigenvalue weighted by Crippen LogP contribution is 2.13. The normalized spacial score (nSPS) is 28.1. The maximum Gasteiger partial charge on any atom is 0.246 e. The Morgan fingerprint density at radius 1 is 1.19 bits per heavy atom. The molecule has 1 amide bonds. The Kier molecular flexibility index (Phi) is 4.74. The number of hydrogen-bond donors (Lipinski definition) is 0. The van der Waals surface area contributed by atoms with E-state index in [2.05, 4.69) is 25.8 Å². The van der Waals surface area contributed by atoms with Gasteiger partial charge in [0.1, 0.15) is 0 Å². The largest absolute Gasteiger partial charge is 0.334 e. The minimum Gasteiger partial charge on any atom is -0.334 e. The highest BCUT2D eigenvalue weighted by molar-refractivity contribution is 5.88. The molecular formula is C13H22N2O. The first-order valence-corrected chi connectivity index (χ1v) is 5.86. The molecule has 0 aliphatic carbocycles. The number of amides is 1. The maximum absolute atomic E-state index is 11.9. The number of hydrogen-bond acceptors (Lipinski definition) is 2. The summed E-state index contributed by atoms with van der Waals surface area (Å²) >= 11 is 0. The third-order valence-electron chi connectivity index (χ3n) is 3.12. The zero-order valence-electron chi connectivity index (χ0n) is 10.7. The van der Waals surface area contributed by atoms with Crippen molar-refractivity contribution in [2.45, 2.75) is 32.9 Å². The van der Waals surface area contributed by atoms with Crippen molar-refractivity contribution in [2.75, 3.05) is 20.1 Å². The molecule has 1 aliphatic rings. The summed E-state index contributed by atoms with van der Waals surface area (Å²) in [5.74, 6) is 0.116. The van der Waals surface area contributed by atoms with Crippen molar-refractivity contribution >= 4 is 5.91 Å². The van der Waals surface area contributed by atoms with Gasteiger partial charge in [0, 0.05) is 31.2 Å². The lowest BCUT2D eigenvalue weighted by Gasteiger charge is -2.42. The van der Waals surface area contributed by atoms with Crippen LogP contribution in [0.4, 0.5) is 0 Å². The van der Waals surface area contributed by atoms with Gasteiger partial charge in [-0.25, -0.2) is 0 Å². The fourth-order valence-corrected chi connectivity index (χ4v) is 1.95. The predicted octanol–water partition coefficient (Wildman–Crippen LogP) is 1.67. The van der Waals surface area contributed by atoms with Crippen molar-refractivity contribution < 1.29 is 4.79 Å². The first-order chi connectivity index (χ1) is 7.56. The Hall–Kier alpha value is -1.09. The van der Waals surface area contributed by atoms with Crippen molar-refractivity contribution in [2.24, 2.45) is 0 Å². The van der Waals surface area contributed by atoms with E-state index in [1.165, 1.54) is 0 Å². The highest BCUT2D eigenvalue weighted by atomic mass is 16.2. The zero-order valence-corrected chi connectivity index (χ0v) is 10.7. The van der Waals surface area contributed by atoms with Crippen LogP contribution in [0.3, 0.4) is 0 Å². The molecule has 0 saturated carbocycles. The molecule has 1 heterocycles. The first kappa shape index (κ1) is 13.0. The SMILES string of the molecule is C/C=C/C=C/C(=O)N1C[C@H](C)N(C)C[C@@H]1C. The van der Waals surface area contributed by atoms with Crippen LogP contribution >= 0.6 is 0 Å². The third kappa shape index (κ3) is 3.20. The molecule has 16 heavy (non-hydrogen) atoms. The summed E-state index contributed by atoms with van der Waals surface area (Å²) in [6.45, 7) is 7.96. The summed E-state index contributed by atoms with van der Waals surface area (Å²) in [6, 6.07) is 0.735. The van der Waals surface area contributed by atoms with Gasteiger partial charge in [-0.05, 0) is 27.8 Å². The Bertz CT molecular complexity index is 296. The van der Waals surface area contributed by atoms with Crippen LogP contribution in [0.5, 0.6) is 0 Å². The van der Waals surface area contributed by atoms with E-state index in [1.54, 1.807) is 12.2 Å². The average Bonchev–Trinajstić information content (AvgIpc) is 2.23. The smallest absolute Gasteiger partial charge is 0.246 e. The summed E-state index contributed by atoms with van der Waals surface area (Å²) in [7, 11) is 2.11. The summed E-state index contributed by atoms with van der Waals surface area (Å²) in [5.41, 5.74) is 0. The van der Waals surface area contributed by atoms with Crippen molar-refractivity contribution in [1.82, 2.24) is 9.80 Å². The van der Waals surface area contributed by atoms with Crippen LogP contribution in [0.2, 0.25) is 0 Å². The van der Waals surface area contributed by atoms with Crippen molar-refractivity contribution in [1.29, 1.82) is 0 Å². The summed E-state index contributed by atoms with van der Waals surface area (Å²) in [4.78, 5) is 16.2. The molecule has 0 bridgehead atoms. The predicted molar refractivity (Wildman–Crippen MR) is 67.2 cm³/mol. The molecule has 2 atom stereocenters. The number of piperazine rings is 1. The van der Waals surface area contributed by atoms with Crippen LogP contribution in [0.1, 0.15) is 20.8 Å². The van der Waals surface area contributed by atoms with Gasteiger partial charge >= 0.3 is 0 Å². The first-order valence-electron chi connectivity index (χ1n) is 5.86. The number of likely N-dealkylation sites (N-methyl/N-ethyl adjacent to an activating group) is 1. The summed E-state index contributed by atoms with van der Waals surface area (Å²) < 4.78 is 0. The molecule has 3 nitrogen and oxygen atoms in total. The van der Waals surface area contributed by atoms with Gasteiger partial charge in [0.25, 0.3) is 0 Å². The number of rotatable bonds is 2. The molecule has 90 valence electrons. The van der Waals surface area contributed by atoms with Gasteiger partial charge in [0.2, 0.25) is 5.91 Å². The minimum atomic E-state index is 0.116. The summed E-state index contributed by atoms with van der Waals surface area (Å²) in [5, 5.41) is 0. The quantitative estimate of drug-likeness (QED) is 0.524. The second-order valence-electron chi connectivity index (χ2n) is 4.51. The Balaban J connectivity index is 2.62. The van der Waals surface area contributed by atoms with E-state index in [1.807, 2.05) is 24.0 Å². The van der Waals surface area contributed by atoms with Gasteiger partial charge < -0.3 is 4.90 Å². The second-order valence-corrected chi connectivity index (χ2v) is 4.51. The Morgan fingerprint density at radius 2 is 1.88 bits per heavy atom. The van der Waals surface area contributed by atoms with Crippen LogP contribution in [-0.4, -0.2) is 47.9 Å². The molecule has 0 aromatic rings. The fraction of sp³-hybridized carbons (Fsp3) is 0.615. The fourth-order valence-electron chi connectivity index (χ4n) is 1.95. The number of carbonyl (C=O) groups is 1. The number of nitrogens with zero attached hydrogens (tertiary/aromatic N) is 2. The topological polar surface area (TPSA) is 23.6 Å². The van der Waals surface area contributed by atoms with Crippen molar-refractivity contribution in [3.63, 3.8) is 0 Å². The van der Waals surface area contributed by atoms with E-state index in [4.69, 9.17) is 0 Å². The maximum atomic E-state index is 11.9. The van der Waals surface area contributed by atoms with Gasteiger partial charge in [-0.15, -0.1) is 0 Å². The molecule has 1 aliphatic heterocycles. The van der Waals surface area contributed by atoms with Crippen LogP contribution in [0.15, 0.2) is 24.3 Å². The van der Waals surface area contributed by atoms with Gasteiger partial charge in [0.05, 0.1) is 0 Å². The molecule has 0 aromatic carbocycles. The van der Waals surface area contributed by atoms with Crippen LogP contribution in [0, 0.1) is 0 Å². The molecule has 1 rings (SSSR count). The number of allylic oxidation sites excluding steroid dienone is 3. The molecule has 3 heteroatoms. The van der Waals surface area contributed by atoms with Gasteiger partial charge in [-0.2, -0.15) is 0 Å². The second kappa shape index (κ2) is 5.85. The molecule has 1 saturated heterocycles. The Labute approximate surface area is 98.4 Å². The standard InChI is InChI=1S/C13H22N2O/c1-5-6-7-8-13(16)15-10-11(2)14(4)9-12(15)3/h5-8,11-12H,9-10H2,1-4H3/b6-5+,8-7+/t11-,12-/m0/s1. The highest BCUT2D eigenvalue weighted by Gasteiger charge is 2.28. The lowest BCUT2D eigenvalue weighted by molar-refractivity contribution is -0.131. The molecule has 0 aromatic heterocycles. The van der Waals surface area contributed by atoms with Crippen molar-refractivity contribution in [3.8, 4) is 0 Å². The molecule has 0 spiro atoms. The van der Waals surface area contributed by atoms with E-state index < -0.39 is 0 Å². The monoisotopic (exact) mass is 222 g/mol. The van der Waals surface area contributed by atoms with E-state index in [0.717, 1.165) is 13.1 Å². The van der Waals surface area contributed by atoms with E-state index in [9.17, 15) is 4.79 Å². The van der Waals surface area contributed by atoms with Gasteiger partial charge in [-0.3, -0.25) is 9.69 Å². The minimum absolute atomic E-state index is 0.116. The summed E-state index contributed by atoms with van der Waals surface area (Å²) in [6.07, 6.45) is 7.24. The number of carbonyl (C=O) groups excluding carboxylic acids is 1. The van der Waals surface area contributed by atoms with Crippen LogP contribution in [-0.2, 0) is 4.79 Å². The van der Waals surface area contributed by atoms with E-state index in [0.29, 0.717) is 12.1 Å². The zero-order chi connectivity index (χ0) is 12.1. The Morgan fingerprint density at radius 3 is 2.50 bits per heavy atom. The molecule has 0 radical (unpaired) electrons. The van der Waals surface area contributed by atoms with Crippen LogP contribution in [0.25, 0.3) is 0 Å². The molecular weight excluding hydrogens is 200 g/mol. The van der Waals surface area contributed by atoms with Gasteiger partial charge in [0.15, 0.2) is 0 Å². The van der Waals surface area contributed by atoms with Crippen molar-refractivity contribution in [3.05, 3.63) is 24.3 Å². The molecule has 0 N–H and O–H groups in total. The van der Waals surface area contributed by atoms with E-state index in [-0.39, 0.29) is 5.91 Å². The lowest BCUT2D eigenvalue weighted by Crippen LogP contribution is -2.56. The van der Waals surface area contributed by atoms with E-state index >= 15 is 0 Å². The van der Waals surface area contributed by atoms with Crippen LogP contribution < -0.4 is 0 Å². The van der Waals surface area contributed by atoms with Gasteiger partial charge in [-0.1, -0.05) is 18.2 Å².